The third-order valence-corrected chi connectivity index (χ3v) is 6.26. The number of halogens is 1. The molecule has 1 N–H and O–H groups in total. The van der Waals surface area contributed by atoms with Crippen molar-refractivity contribution in [3.8, 4) is 0 Å². The van der Waals surface area contributed by atoms with E-state index in [0.29, 0.717) is 13.0 Å². The van der Waals surface area contributed by atoms with Gasteiger partial charge in [-0.2, -0.15) is 0 Å². The first-order valence-electron chi connectivity index (χ1n) is 8.05. The second-order valence-corrected chi connectivity index (χ2v) is 8.67. The molecule has 2 aromatic rings. The van der Waals surface area contributed by atoms with E-state index in [4.69, 9.17) is 0 Å². The molecule has 1 saturated heterocycles. The molecular formula is C18H19BrN2O3S. The normalized spacial score (nSPS) is 16.2. The van der Waals surface area contributed by atoms with Crippen LogP contribution in [0.5, 0.6) is 0 Å². The van der Waals surface area contributed by atoms with E-state index < -0.39 is 10.0 Å². The van der Waals surface area contributed by atoms with E-state index in [9.17, 15) is 13.2 Å². The van der Waals surface area contributed by atoms with Crippen LogP contribution in [-0.4, -0.2) is 20.9 Å². The first-order chi connectivity index (χ1) is 11.9. The topological polar surface area (TPSA) is 66.5 Å². The number of carbonyl (C=O) groups is 1. The zero-order valence-corrected chi connectivity index (χ0v) is 16.2. The quantitative estimate of drug-likeness (QED) is 0.799. The molecule has 0 bridgehead atoms. The molecule has 1 heterocycles. The van der Waals surface area contributed by atoms with Gasteiger partial charge < -0.3 is 4.90 Å². The average Bonchev–Trinajstić information content (AvgIpc) is 3.00. The minimum atomic E-state index is -3.64. The molecule has 1 atom stereocenters. The monoisotopic (exact) mass is 422 g/mol. The molecule has 5 nitrogen and oxygen atoms in total. The van der Waals surface area contributed by atoms with Crippen molar-refractivity contribution in [1.29, 1.82) is 0 Å². The number of hydrogen-bond acceptors (Lipinski definition) is 3. The number of nitrogens with one attached hydrogen (secondary N) is 1. The molecule has 0 radical (unpaired) electrons. The Kier molecular flexibility index (Phi) is 5.27. The van der Waals surface area contributed by atoms with Crippen LogP contribution in [0.25, 0.3) is 0 Å². The Hall–Kier alpha value is -1.70. The Bertz CT molecular complexity index is 881. The van der Waals surface area contributed by atoms with E-state index in [0.717, 1.165) is 22.1 Å². The third-order valence-electron chi connectivity index (χ3n) is 4.21. The van der Waals surface area contributed by atoms with Gasteiger partial charge in [0, 0.05) is 29.2 Å². The predicted octanol–water partition coefficient (Wildman–Crippen LogP) is 3.62. The van der Waals surface area contributed by atoms with Crippen LogP contribution >= 0.6 is 15.9 Å². The maximum atomic E-state index is 12.6. The molecule has 7 heteroatoms. The molecule has 0 spiro atoms. The molecule has 25 heavy (non-hydrogen) atoms. The van der Waals surface area contributed by atoms with Crippen LogP contribution < -0.4 is 9.62 Å². The average molecular weight is 423 g/mol. The van der Waals surface area contributed by atoms with Crippen LogP contribution in [-0.2, 0) is 14.8 Å². The minimum Gasteiger partial charge on any atom is -0.312 e. The molecule has 132 valence electrons. The van der Waals surface area contributed by atoms with Crippen molar-refractivity contribution in [3.05, 3.63) is 58.6 Å². The van der Waals surface area contributed by atoms with Gasteiger partial charge >= 0.3 is 0 Å². The molecular weight excluding hydrogens is 404 g/mol. The number of amides is 1. The summed E-state index contributed by atoms with van der Waals surface area (Å²) < 4.78 is 28.8. The molecule has 1 amide bonds. The molecule has 0 saturated carbocycles. The minimum absolute atomic E-state index is 0.0806. The number of carbonyl (C=O) groups excluding carboxylic acids is 1. The van der Waals surface area contributed by atoms with E-state index in [1.165, 1.54) is 12.1 Å². The summed E-state index contributed by atoms with van der Waals surface area (Å²) in [5.41, 5.74) is 1.61. The summed E-state index contributed by atoms with van der Waals surface area (Å²) >= 11 is 3.39. The van der Waals surface area contributed by atoms with Crippen LogP contribution in [0.1, 0.15) is 31.4 Å². The van der Waals surface area contributed by atoms with Crippen molar-refractivity contribution in [2.45, 2.75) is 30.7 Å². The van der Waals surface area contributed by atoms with E-state index in [-0.39, 0.29) is 16.8 Å². The molecule has 2 aromatic carbocycles. The van der Waals surface area contributed by atoms with Gasteiger partial charge in [-0.15, -0.1) is 0 Å². The summed E-state index contributed by atoms with van der Waals surface area (Å²) in [6.07, 6.45) is 1.39. The maximum Gasteiger partial charge on any atom is 0.241 e. The number of hydrogen-bond donors (Lipinski definition) is 1. The summed E-state index contributed by atoms with van der Waals surface area (Å²) in [7, 11) is -3.64. The Morgan fingerprint density at radius 1 is 1.16 bits per heavy atom. The van der Waals surface area contributed by atoms with E-state index in [2.05, 4.69) is 20.7 Å². The van der Waals surface area contributed by atoms with Gasteiger partial charge in [0.15, 0.2) is 0 Å². The zero-order valence-electron chi connectivity index (χ0n) is 13.8. The van der Waals surface area contributed by atoms with E-state index >= 15 is 0 Å². The van der Waals surface area contributed by atoms with Gasteiger partial charge in [-0.05, 0) is 55.3 Å². The lowest BCUT2D eigenvalue weighted by Gasteiger charge is -2.17. The van der Waals surface area contributed by atoms with E-state index in [1.54, 1.807) is 24.0 Å². The van der Waals surface area contributed by atoms with Crippen molar-refractivity contribution in [1.82, 2.24) is 4.72 Å². The molecule has 1 fully saturated rings. The predicted molar refractivity (Wildman–Crippen MR) is 101 cm³/mol. The van der Waals surface area contributed by atoms with Crippen molar-refractivity contribution >= 4 is 37.5 Å². The Morgan fingerprint density at radius 3 is 2.48 bits per heavy atom. The fourth-order valence-corrected chi connectivity index (χ4v) is 4.52. The Balaban J connectivity index is 1.76. The summed E-state index contributed by atoms with van der Waals surface area (Å²) in [5, 5.41) is 0. The third kappa shape index (κ3) is 4.11. The van der Waals surface area contributed by atoms with Crippen LogP contribution in [0.2, 0.25) is 0 Å². The number of nitrogens with zero attached hydrogens (tertiary/aromatic N) is 1. The first-order valence-corrected chi connectivity index (χ1v) is 10.3. The van der Waals surface area contributed by atoms with Gasteiger partial charge in [-0.3, -0.25) is 4.79 Å². The summed E-state index contributed by atoms with van der Waals surface area (Å²) in [5.74, 6) is 0.0806. The molecule has 0 aromatic heterocycles. The van der Waals surface area contributed by atoms with Crippen LogP contribution in [0.3, 0.4) is 0 Å². The highest BCUT2D eigenvalue weighted by molar-refractivity contribution is 9.10. The highest BCUT2D eigenvalue weighted by Crippen LogP contribution is 2.24. The number of anilines is 1. The summed E-state index contributed by atoms with van der Waals surface area (Å²) in [6.45, 7) is 2.49. The maximum absolute atomic E-state index is 12.6. The van der Waals surface area contributed by atoms with Gasteiger partial charge in [0.25, 0.3) is 0 Å². The Morgan fingerprint density at radius 2 is 1.88 bits per heavy atom. The van der Waals surface area contributed by atoms with Crippen molar-refractivity contribution < 1.29 is 13.2 Å². The molecule has 1 aliphatic rings. The van der Waals surface area contributed by atoms with E-state index in [1.807, 2.05) is 24.3 Å². The lowest BCUT2D eigenvalue weighted by atomic mass is 10.1. The van der Waals surface area contributed by atoms with Crippen molar-refractivity contribution in [3.63, 3.8) is 0 Å². The standard InChI is InChI=1S/C18H19BrN2O3S/c1-13(14-4-2-5-15(19)12-14)20-25(23,24)17-9-7-16(8-10-17)21-11-3-6-18(21)22/h2,4-5,7-10,12-13,20H,3,6,11H2,1H3/t13-/m0/s1. The lowest BCUT2D eigenvalue weighted by molar-refractivity contribution is -0.117. The second kappa shape index (κ2) is 7.27. The number of sulfonamides is 1. The SMILES string of the molecule is C[C@H](NS(=O)(=O)c1ccc(N2CCCC2=O)cc1)c1cccc(Br)c1. The van der Waals surface area contributed by atoms with Gasteiger partial charge in [-0.25, -0.2) is 13.1 Å². The lowest BCUT2D eigenvalue weighted by Crippen LogP contribution is -2.27. The smallest absolute Gasteiger partial charge is 0.241 e. The molecule has 0 aliphatic carbocycles. The highest BCUT2D eigenvalue weighted by Gasteiger charge is 2.23. The van der Waals surface area contributed by atoms with Crippen LogP contribution in [0.4, 0.5) is 5.69 Å². The largest absolute Gasteiger partial charge is 0.312 e. The van der Waals surface area contributed by atoms with Crippen LogP contribution in [0, 0.1) is 0 Å². The molecule has 0 unspecified atom stereocenters. The fraction of sp³-hybridized carbons (Fsp3) is 0.278. The van der Waals surface area contributed by atoms with Crippen LogP contribution in [0.15, 0.2) is 57.9 Å². The highest BCUT2D eigenvalue weighted by atomic mass is 79.9. The number of benzene rings is 2. The van der Waals surface area contributed by atoms with Gasteiger partial charge in [0.2, 0.25) is 15.9 Å². The van der Waals surface area contributed by atoms with Crippen molar-refractivity contribution in [2.24, 2.45) is 0 Å². The summed E-state index contributed by atoms with van der Waals surface area (Å²) in [4.78, 5) is 13.7. The molecule has 1 aliphatic heterocycles. The second-order valence-electron chi connectivity index (χ2n) is 6.04. The number of rotatable bonds is 5. The van der Waals surface area contributed by atoms with Gasteiger partial charge in [0.1, 0.15) is 0 Å². The zero-order chi connectivity index (χ0) is 18.0. The first kappa shape index (κ1) is 18.1. The van der Waals surface area contributed by atoms with Gasteiger partial charge in [0.05, 0.1) is 4.90 Å². The van der Waals surface area contributed by atoms with Gasteiger partial charge in [-0.1, -0.05) is 28.1 Å². The van der Waals surface area contributed by atoms with Crippen molar-refractivity contribution in [2.75, 3.05) is 11.4 Å². The fourth-order valence-electron chi connectivity index (χ4n) is 2.87. The molecule has 3 rings (SSSR count). The Labute approximate surface area is 156 Å². The summed E-state index contributed by atoms with van der Waals surface area (Å²) in [6, 6.07) is 13.6.